The molecule has 1 atom stereocenters. The number of hydrogen-bond acceptors (Lipinski definition) is 2. The van der Waals surface area contributed by atoms with Crippen molar-refractivity contribution < 1.29 is 23.1 Å². The molecule has 0 radical (unpaired) electrons. The van der Waals surface area contributed by atoms with Crippen molar-refractivity contribution >= 4 is 5.97 Å². The minimum absolute atomic E-state index is 0.534. The van der Waals surface area contributed by atoms with Crippen LogP contribution in [0.25, 0.3) is 0 Å². The first-order valence-electron chi connectivity index (χ1n) is 6.43. The van der Waals surface area contributed by atoms with Crippen LogP contribution >= 0.6 is 0 Å². The second-order valence-electron chi connectivity index (χ2n) is 4.67. The number of benzene rings is 1. The molecular weight excluding hydrogens is 271 g/mol. The first-order valence-corrected chi connectivity index (χ1v) is 6.43. The van der Waals surface area contributed by atoms with Gasteiger partial charge in [0.15, 0.2) is 0 Å². The standard InChI is InChI=1S/C14H18F3NO2/c1-10(13(19)20)18-8-3-2-5-11-6-4-7-12(9-11)14(15,16)17/h4,6-7,9-10,18H,2-3,5,8H2,1H3,(H,19,20)/t10-/m1/s1. The zero-order chi connectivity index (χ0) is 15.2. The molecule has 112 valence electrons. The Morgan fingerprint density at radius 2 is 2.05 bits per heavy atom. The van der Waals surface area contributed by atoms with Gasteiger partial charge in [0, 0.05) is 0 Å². The molecule has 0 heterocycles. The molecule has 1 rings (SSSR count). The molecule has 1 aromatic rings. The van der Waals surface area contributed by atoms with E-state index in [9.17, 15) is 18.0 Å². The average molecular weight is 289 g/mol. The van der Waals surface area contributed by atoms with Gasteiger partial charge in [-0.3, -0.25) is 4.79 Å². The Morgan fingerprint density at radius 3 is 2.65 bits per heavy atom. The van der Waals surface area contributed by atoms with Crippen molar-refractivity contribution in [2.75, 3.05) is 6.54 Å². The van der Waals surface area contributed by atoms with Crippen LogP contribution in [0.5, 0.6) is 0 Å². The number of rotatable bonds is 7. The largest absolute Gasteiger partial charge is 0.480 e. The highest BCUT2D eigenvalue weighted by atomic mass is 19.4. The van der Waals surface area contributed by atoms with Gasteiger partial charge in [0.25, 0.3) is 0 Å². The average Bonchev–Trinajstić information content (AvgIpc) is 2.37. The fraction of sp³-hybridized carbons (Fsp3) is 0.500. The fourth-order valence-corrected chi connectivity index (χ4v) is 1.76. The van der Waals surface area contributed by atoms with E-state index in [2.05, 4.69) is 5.32 Å². The molecule has 0 aliphatic heterocycles. The Balaban J connectivity index is 2.34. The monoisotopic (exact) mass is 289 g/mol. The van der Waals surface area contributed by atoms with Crippen molar-refractivity contribution in [1.29, 1.82) is 0 Å². The van der Waals surface area contributed by atoms with Crippen molar-refractivity contribution in [3.63, 3.8) is 0 Å². The molecule has 0 aliphatic carbocycles. The topological polar surface area (TPSA) is 49.3 Å². The third kappa shape index (κ3) is 5.61. The van der Waals surface area contributed by atoms with Gasteiger partial charge in [-0.25, -0.2) is 0 Å². The Morgan fingerprint density at radius 1 is 1.35 bits per heavy atom. The van der Waals surface area contributed by atoms with Crippen LogP contribution in [0, 0.1) is 0 Å². The van der Waals surface area contributed by atoms with E-state index in [1.165, 1.54) is 6.07 Å². The van der Waals surface area contributed by atoms with Crippen molar-refractivity contribution in [3.05, 3.63) is 35.4 Å². The summed E-state index contributed by atoms with van der Waals surface area (Å²) in [4.78, 5) is 10.5. The molecule has 0 saturated carbocycles. The number of halogens is 3. The maximum absolute atomic E-state index is 12.5. The van der Waals surface area contributed by atoms with E-state index in [1.807, 2.05) is 0 Å². The summed E-state index contributed by atoms with van der Waals surface area (Å²) in [7, 11) is 0. The second-order valence-corrected chi connectivity index (χ2v) is 4.67. The van der Waals surface area contributed by atoms with Crippen LogP contribution in [0.1, 0.15) is 30.9 Å². The van der Waals surface area contributed by atoms with E-state index in [0.29, 0.717) is 31.4 Å². The van der Waals surface area contributed by atoms with Gasteiger partial charge < -0.3 is 10.4 Å². The third-order valence-corrected chi connectivity index (χ3v) is 2.97. The molecule has 0 aliphatic rings. The van der Waals surface area contributed by atoms with Crippen LogP contribution in [0.2, 0.25) is 0 Å². The molecule has 0 spiro atoms. The van der Waals surface area contributed by atoms with Crippen LogP contribution in [0.3, 0.4) is 0 Å². The van der Waals surface area contributed by atoms with E-state index < -0.39 is 23.8 Å². The van der Waals surface area contributed by atoms with Gasteiger partial charge in [0.2, 0.25) is 0 Å². The number of nitrogens with one attached hydrogen (secondary N) is 1. The van der Waals surface area contributed by atoms with Crippen LogP contribution in [-0.4, -0.2) is 23.7 Å². The van der Waals surface area contributed by atoms with Crippen LogP contribution < -0.4 is 5.32 Å². The molecule has 0 aromatic heterocycles. The predicted octanol–water partition coefficient (Wildman–Crippen LogP) is 3.09. The first kappa shape index (κ1) is 16.5. The molecule has 0 unspecified atom stereocenters. The molecule has 2 N–H and O–H groups in total. The lowest BCUT2D eigenvalue weighted by Gasteiger charge is -2.10. The van der Waals surface area contributed by atoms with Gasteiger partial charge in [-0.1, -0.05) is 18.2 Å². The van der Waals surface area contributed by atoms with E-state index >= 15 is 0 Å². The Hall–Kier alpha value is -1.56. The summed E-state index contributed by atoms with van der Waals surface area (Å²) in [5.41, 5.74) is 0.0127. The number of alkyl halides is 3. The lowest BCUT2D eigenvalue weighted by molar-refractivity contribution is -0.139. The number of carbonyl (C=O) groups is 1. The lowest BCUT2D eigenvalue weighted by atomic mass is 10.0. The van der Waals surface area contributed by atoms with Crippen molar-refractivity contribution in [2.24, 2.45) is 0 Å². The minimum atomic E-state index is -4.31. The summed E-state index contributed by atoms with van der Waals surface area (Å²) in [6.45, 7) is 2.08. The second kappa shape index (κ2) is 7.28. The van der Waals surface area contributed by atoms with Gasteiger partial charge in [0.1, 0.15) is 6.04 Å². The summed E-state index contributed by atoms with van der Waals surface area (Å²) < 4.78 is 37.5. The molecule has 1 aromatic carbocycles. The number of hydrogen-bond donors (Lipinski definition) is 2. The Labute approximate surface area is 115 Å². The highest BCUT2D eigenvalue weighted by Gasteiger charge is 2.30. The summed E-state index contributed by atoms with van der Waals surface area (Å²) in [5.74, 6) is -0.914. The zero-order valence-electron chi connectivity index (χ0n) is 11.2. The molecule has 0 fully saturated rings. The SMILES string of the molecule is C[C@@H](NCCCCc1cccc(C(F)(F)F)c1)C(=O)O. The van der Waals surface area contributed by atoms with E-state index in [-0.39, 0.29) is 0 Å². The maximum atomic E-state index is 12.5. The van der Waals surface area contributed by atoms with Gasteiger partial charge in [0.05, 0.1) is 5.56 Å². The van der Waals surface area contributed by atoms with Crippen molar-refractivity contribution in [3.8, 4) is 0 Å². The summed E-state index contributed by atoms with van der Waals surface area (Å²) >= 11 is 0. The summed E-state index contributed by atoms with van der Waals surface area (Å²) in [6.07, 6.45) is -2.34. The van der Waals surface area contributed by atoms with E-state index in [4.69, 9.17) is 5.11 Å². The maximum Gasteiger partial charge on any atom is 0.416 e. The fourth-order valence-electron chi connectivity index (χ4n) is 1.76. The normalized spacial score (nSPS) is 13.2. The molecule has 6 heteroatoms. The first-order chi connectivity index (χ1) is 9.30. The Bertz CT molecular complexity index is 446. The summed E-state index contributed by atoms with van der Waals surface area (Å²) in [6, 6.07) is 4.68. The third-order valence-electron chi connectivity index (χ3n) is 2.97. The van der Waals surface area contributed by atoms with Gasteiger partial charge in [-0.05, 0) is 44.4 Å². The van der Waals surface area contributed by atoms with Gasteiger partial charge in [-0.2, -0.15) is 13.2 Å². The van der Waals surface area contributed by atoms with Crippen LogP contribution in [0.15, 0.2) is 24.3 Å². The number of carboxylic acid groups (broad SMARTS) is 1. The minimum Gasteiger partial charge on any atom is -0.480 e. The number of aliphatic carboxylic acids is 1. The highest BCUT2D eigenvalue weighted by Crippen LogP contribution is 2.29. The smallest absolute Gasteiger partial charge is 0.416 e. The molecule has 0 amide bonds. The van der Waals surface area contributed by atoms with Crippen LogP contribution in [-0.2, 0) is 17.4 Å². The summed E-state index contributed by atoms with van der Waals surface area (Å²) in [5, 5.41) is 11.5. The van der Waals surface area contributed by atoms with Gasteiger partial charge >= 0.3 is 12.1 Å². The number of unbranched alkanes of at least 4 members (excludes halogenated alkanes) is 1. The highest BCUT2D eigenvalue weighted by molar-refractivity contribution is 5.72. The Kier molecular flexibility index (Phi) is 6.01. The molecular formula is C14H18F3NO2. The molecule has 0 bridgehead atoms. The molecule has 0 saturated heterocycles. The predicted molar refractivity (Wildman–Crippen MR) is 69.5 cm³/mol. The quantitative estimate of drug-likeness (QED) is 0.758. The van der Waals surface area contributed by atoms with Gasteiger partial charge in [-0.15, -0.1) is 0 Å². The zero-order valence-corrected chi connectivity index (χ0v) is 11.2. The number of carboxylic acids is 1. The van der Waals surface area contributed by atoms with E-state index in [1.54, 1.807) is 13.0 Å². The van der Waals surface area contributed by atoms with Crippen LogP contribution in [0.4, 0.5) is 13.2 Å². The number of aryl methyl sites for hydroxylation is 1. The molecule has 20 heavy (non-hydrogen) atoms. The van der Waals surface area contributed by atoms with E-state index in [0.717, 1.165) is 12.1 Å². The van der Waals surface area contributed by atoms with Crippen molar-refractivity contribution in [2.45, 2.75) is 38.4 Å². The molecule has 3 nitrogen and oxygen atoms in total. The van der Waals surface area contributed by atoms with Crippen molar-refractivity contribution in [1.82, 2.24) is 5.32 Å². The lowest BCUT2D eigenvalue weighted by Crippen LogP contribution is -2.34.